The average Bonchev–Trinajstić information content (AvgIpc) is 2.87. The number of ether oxygens (including phenoxy) is 2. The van der Waals surface area contributed by atoms with Gasteiger partial charge < -0.3 is 19.3 Å². The first-order valence-corrected chi connectivity index (χ1v) is 11.3. The molecule has 3 heterocycles. The Morgan fingerprint density at radius 1 is 0.909 bits per heavy atom. The number of anilines is 2. The highest BCUT2D eigenvalue weighted by molar-refractivity contribution is 6.07. The molecule has 6 nitrogen and oxygen atoms in total. The number of carbonyl (C=O) groups is 1. The Balaban J connectivity index is 1.41. The number of carbonyl (C=O) groups excluding carboxylic acids is 1. The highest BCUT2D eigenvalue weighted by Gasteiger charge is 2.18. The molecular formula is C26H26FN3O3. The number of allylic oxidation sites excluding steroid dienone is 1. The Morgan fingerprint density at radius 2 is 1.61 bits per heavy atom. The van der Waals surface area contributed by atoms with E-state index in [1.54, 1.807) is 18.2 Å². The molecular weight excluding hydrogens is 421 g/mol. The lowest BCUT2D eigenvalue weighted by Crippen LogP contribution is -2.37. The van der Waals surface area contributed by atoms with E-state index < -0.39 is 5.82 Å². The minimum atomic E-state index is -0.391. The Kier molecular flexibility index (Phi) is 6.32. The van der Waals surface area contributed by atoms with Gasteiger partial charge in [0.2, 0.25) is 0 Å². The first-order chi connectivity index (χ1) is 16.2. The van der Waals surface area contributed by atoms with Gasteiger partial charge in [0.15, 0.2) is 5.78 Å². The molecule has 2 aliphatic heterocycles. The Labute approximate surface area is 192 Å². The summed E-state index contributed by atoms with van der Waals surface area (Å²) in [6, 6.07) is 14.6. The summed E-state index contributed by atoms with van der Waals surface area (Å²) < 4.78 is 25.6. The van der Waals surface area contributed by atoms with Gasteiger partial charge in [-0.15, -0.1) is 0 Å². The van der Waals surface area contributed by atoms with Crippen LogP contribution in [0.2, 0.25) is 0 Å². The summed E-state index contributed by atoms with van der Waals surface area (Å²) in [5, 5.41) is 1.00. The molecule has 0 radical (unpaired) electrons. The molecule has 5 rings (SSSR count). The summed E-state index contributed by atoms with van der Waals surface area (Å²) in [4.78, 5) is 21.8. The predicted octanol–water partition coefficient (Wildman–Crippen LogP) is 3.94. The molecule has 2 aliphatic rings. The normalized spacial score (nSPS) is 17.1. The lowest BCUT2D eigenvalue weighted by atomic mass is 10.1. The van der Waals surface area contributed by atoms with Crippen molar-refractivity contribution in [2.24, 2.45) is 0 Å². The number of fused-ring (bicyclic) bond motifs is 1. The summed E-state index contributed by atoms with van der Waals surface area (Å²) in [6.07, 6.45) is 3.28. The van der Waals surface area contributed by atoms with Crippen molar-refractivity contribution in [3.8, 4) is 0 Å². The van der Waals surface area contributed by atoms with Crippen LogP contribution in [0.3, 0.4) is 0 Å². The monoisotopic (exact) mass is 447 g/mol. The smallest absolute Gasteiger partial charge is 0.185 e. The van der Waals surface area contributed by atoms with Crippen LogP contribution in [-0.2, 0) is 9.47 Å². The zero-order valence-corrected chi connectivity index (χ0v) is 18.4. The largest absolute Gasteiger partial charge is 0.378 e. The molecule has 1 aromatic heterocycles. The van der Waals surface area contributed by atoms with Crippen LogP contribution in [0.4, 0.5) is 15.9 Å². The van der Waals surface area contributed by atoms with Crippen LogP contribution in [0.5, 0.6) is 0 Å². The van der Waals surface area contributed by atoms with Gasteiger partial charge in [-0.05, 0) is 42.5 Å². The molecule has 0 saturated carbocycles. The Bertz CT molecular complexity index is 1180. The van der Waals surface area contributed by atoms with E-state index in [1.807, 2.05) is 35.2 Å². The predicted molar refractivity (Wildman–Crippen MR) is 128 cm³/mol. The van der Waals surface area contributed by atoms with Gasteiger partial charge in [-0.3, -0.25) is 4.79 Å². The SMILES string of the molecule is O=C(C=Cc1cc2ccccc2nc1N1CCOCC1)c1ccc(N2CCOCC2)c(F)c1. The van der Waals surface area contributed by atoms with E-state index in [4.69, 9.17) is 14.5 Å². The highest BCUT2D eigenvalue weighted by Crippen LogP contribution is 2.26. The van der Waals surface area contributed by atoms with Crippen LogP contribution < -0.4 is 9.80 Å². The second kappa shape index (κ2) is 9.68. The molecule has 0 bridgehead atoms. The second-order valence-corrected chi connectivity index (χ2v) is 8.16. The van der Waals surface area contributed by atoms with Crippen molar-refractivity contribution in [2.45, 2.75) is 0 Å². The number of morpholine rings is 2. The quantitative estimate of drug-likeness (QED) is 0.436. The van der Waals surface area contributed by atoms with Crippen LogP contribution in [0, 0.1) is 5.82 Å². The summed E-state index contributed by atoms with van der Waals surface area (Å²) in [5.74, 6) is 0.191. The number of halogens is 1. The van der Waals surface area contributed by atoms with Crippen molar-refractivity contribution in [3.63, 3.8) is 0 Å². The average molecular weight is 448 g/mol. The lowest BCUT2D eigenvalue weighted by molar-refractivity contribution is 0.104. The van der Waals surface area contributed by atoms with Gasteiger partial charge in [0.05, 0.1) is 37.6 Å². The van der Waals surface area contributed by atoms with Gasteiger partial charge in [0, 0.05) is 42.7 Å². The summed E-state index contributed by atoms with van der Waals surface area (Å²) in [7, 11) is 0. The van der Waals surface area contributed by atoms with Gasteiger partial charge in [-0.25, -0.2) is 9.37 Å². The Morgan fingerprint density at radius 3 is 2.33 bits per heavy atom. The van der Waals surface area contributed by atoms with E-state index in [1.165, 1.54) is 12.1 Å². The van der Waals surface area contributed by atoms with Gasteiger partial charge in [0.25, 0.3) is 0 Å². The van der Waals surface area contributed by atoms with Crippen LogP contribution >= 0.6 is 0 Å². The number of hydrogen-bond donors (Lipinski definition) is 0. The third-order valence-corrected chi connectivity index (χ3v) is 6.04. The van der Waals surface area contributed by atoms with Crippen molar-refractivity contribution in [1.82, 2.24) is 4.98 Å². The van der Waals surface area contributed by atoms with E-state index in [0.29, 0.717) is 50.8 Å². The molecule has 0 N–H and O–H groups in total. The molecule has 2 saturated heterocycles. The fourth-order valence-corrected chi connectivity index (χ4v) is 4.26. The minimum absolute atomic E-state index is 0.247. The van der Waals surface area contributed by atoms with Crippen molar-refractivity contribution in [3.05, 3.63) is 71.6 Å². The number of ketones is 1. The zero-order chi connectivity index (χ0) is 22.6. The second-order valence-electron chi connectivity index (χ2n) is 8.16. The Hall–Kier alpha value is -3.29. The third-order valence-electron chi connectivity index (χ3n) is 6.04. The molecule has 2 aromatic carbocycles. The van der Waals surface area contributed by atoms with Crippen molar-refractivity contribution in [1.29, 1.82) is 0 Å². The van der Waals surface area contributed by atoms with Crippen molar-refractivity contribution >= 4 is 34.3 Å². The summed E-state index contributed by atoms with van der Waals surface area (Å²) in [6.45, 7) is 5.22. The maximum atomic E-state index is 14.8. The molecule has 0 atom stereocenters. The fourth-order valence-electron chi connectivity index (χ4n) is 4.26. The number of nitrogens with zero attached hydrogens (tertiary/aromatic N) is 3. The number of benzene rings is 2. The van der Waals surface area contributed by atoms with Gasteiger partial charge in [-0.1, -0.05) is 18.2 Å². The van der Waals surface area contributed by atoms with E-state index in [0.717, 1.165) is 35.4 Å². The molecule has 33 heavy (non-hydrogen) atoms. The molecule has 7 heteroatoms. The maximum Gasteiger partial charge on any atom is 0.185 e. The first kappa shape index (κ1) is 21.6. The number of aromatic nitrogens is 1. The van der Waals surface area contributed by atoms with Crippen LogP contribution in [0.25, 0.3) is 17.0 Å². The number of para-hydroxylation sites is 1. The minimum Gasteiger partial charge on any atom is -0.378 e. The van der Waals surface area contributed by atoms with Gasteiger partial charge in [-0.2, -0.15) is 0 Å². The summed E-state index contributed by atoms with van der Waals surface area (Å²) >= 11 is 0. The standard InChI is InChI=1S/C26H26FN3O3/c27-22-18-20(5-7-24(22)29-9-13-32-14-10-29)25(31)8-6-21-17-19-3-1-2-4-23(19)28-26(21)30-11-15-33-16-12-30/h1-8,17-18H,9-16H2. The molecule has 0 amide bonds. The van der Waals surface area contributed by atoms with Crippen LogP contribution in [0.1, 0.15) is 15.9 Å². The summed E-state index contributed by atoms with van der Waals surface area (Å²) in [5.41, 5.74) is 2.59. The molecule has 0 spiro atoms. The molecule has 170 valence electrons. The van der Waals surface area contributed by atoms with Crippen LogP contribution in [-0.4, -0.2) is 63.4 Å². The van der Waals surface area contributed by atoms with E-state index >= 15 is 0 Å². The van der Waals surface area contributed by atoms with Gasteiger partial charge >= 0.3 is 0 Å². The number of pyridine rings is 1. The zero-order valence-electron chi connectivity index (χ0n) is 18.4. The van der Waals surface area contributed by atoms with E-state index in [9.17, 15) is 9.18 Å². The first-order valence-electron chi connectivity index (χ1n) is 11.3. The van der Waals surface area contributed by atoms with Crippen molar-refractivity contribution in [2.75, 3.05) is 62.4 Å². The van der Waals surface area contributed by atoms with Crippen molar-refractivity contribution < 1.29 is 18.7 Å². The third kappa shape index (κ3) is 4.74. The highest BCUT2D eigenvalue weighted by atomic mass is 19.1. The maximum absolute atomic E-state index is 14.8. The van der Waals surface area contributed by atoms with E-state index in [2.05, 4.69) is 4.90 Å². The topological polar surface area (TPSA) is 54.9 Å². The van der Waals surface area contributed by atoms with E-state index in [-0.39, 0.29) is 5.78 Å². The molecule has 3 aromatic rings. The molecule has 0 unspecified atom stereocenters. The molecule has 2 fully saturated rings. The number of hydrogen-bond acceptors (Lipinski definition) is 6. The van der Waals surface area contributed by atoms with Gasteiger partial charge in [0.1, 0.15) is 11.6 Å². The fraction of sp³-hybridized carbons (Fsp3) is 0.308. The lowest BCUT2D eigenvalue weighted by Gasteiger charge is -2.29. The number of rotatable bonds is 5. The van der Waals surface area contributed by atoms with Crippen LogP contribution in [0.15, 0.2) is 54.6 Å². The molecule has 0 aliphatic carbocycles.